The quantitative estimate of drug-likeness (QED) is 0.303. The molecule has 6 rings (SSSR count). The van der Waals surface area contributed by atoms with E-state index in [9.17, 15) is 14.7 Å². The molecule has 1 fully saturated rings. The highest BCUT2D eigenvalue weighted by atomic mass is 16.4. The first-order valence-electron chi connectivity index (χ1n) is 13.9. The van der Waals surface area contributed by atoms with Crippen molar-refractivity contribution >= 4 is 11.9 Å². The van der Waals surface area contributed by atoms with Gasteiger partial charge in [0.25, 0.3) is 0 Å². The fourth-order valence-electron chi connectivity index (χ4n) is 6.10. The minimum absolute atomic E-state index is 0.0274. The molecule has 40 heavy (non-hydrogen) atoms. The molecule has 0 bridgehead atoms. The Balaban J connectivity index is 1.28. The third-order valence-corrected chi connectivity index (χ3v) is 8.36. The van der Waals surface area contributed by atoms with Crippen LogP contribution in [0.25, 0.3) is 11.1 Å². The number of aromatic carboxylic acids is 1. The van der Waals surface area contributed by atoms with E-state index in [0.29, 0.717) is 18.0 Å². The van der Waals surface area contributed by atoms with Crippen molar-refractivity contribution in [1.29, 1.82) is 0 Å². The molecular weight excluding hydrogens is 498 g/mol. The van der Waals surface area contributed by atoms with Gasteiger partial charge in [0.05, 0.1) is 11.3 Å². The number of carbonyl (C=O) groups is 2. The predicted octanol–water partition coefficient (Wildman–Crippen LogP) is 5.73. The number of amides is 1. The number of pyridine rings is 1. The van der Waals surface area contributed by atoms with E-state index in [4.69, 9.17) is 0 Å². The zero-order valence-corrected chi connectivity index (χ0v) is 22.6. The van der Waals surface area contributed by atoms with Gasteiger partial charge in [-0.3, -0.25) is 14.7 Å². The largest absolute Gasteiger partial charge is 0.478 e. The van der Waals surface area contributed by atoms with Crippen LogP contribution in [-0.2, 0) is 30.8 Å². The van der Waals surface area contributed by atoms with E-state index >= 15 is 0 Å². The van der Waals surface area contributed by atoms with Crippen LogP contribution < -0.4 is 5.32 Å². The maximum absolute atomic E-state index is 13.1. The van der Waals surface area contributed by atoms with E-state index < -0.39 is 5.97 Å². The molecule has 2 unspecified atom stereocenters. The van der Waals surface area contributed by atoms with Gasteiger partial charge in [0.1, 0.15) is 0 Å². The van der Waals surface area contributed by atoms with Crippen molar-refractivity contribution in [2.24, 2.45) is 5.92 Å². The average molecular weight is 532 g/mol. The van der Waals surface area contributed by atoms with Gasteiger partial charge in [-0.1, -0.05) is 60.7 Å². The standard InChI is InChI=1S/C34H33N3O3/c1-22-26(11-7-12-27(22)34(39)40)28-14-13-24(19-36-33(38)31-18-30(31)23-8-3-2-4-9-23)32-21-37(17-15-29(28)32)20-25-10-5-6-16-35-25/h2-14,16,30-31H,15,17-21H2,1H3,(H,36,38)(H,39,40). The van der Waals surface area contributed by atoms with Crippen molar-refractivity contribution in [3.05, 3.63) is 124 Å². The molecule has 4 aromatic rings. The van der Waals surface area contributed by atoms with Gasteiger partial charge in [-0.15, -0.1) is 0 Å². The molecule has 3 aromatic carbocycles. The smallest absolute Gasteiger partial charge is 0.335 e. The van der Waals surface area contributed by atoms with Crippen LogP contribution in [-0.4, -0.2) is 33.4 Å². The lowest BCUT2D eigenvalue weighted by Gasteiger charge is -2.32. The Morgan fingerprint density at radius 2 is 1.77 bits per heavy atom. The number of nitrogens with one attached hydrogen (secondary N) is 1. The first-order chi connectivity index (χ1) is 19.5. The summed E-state index contributed by atoms with van der Waals surface area (Å²) in [4.78, 5) is 31.8. The molecule has 2 aliphatic rings. The van der Waals surface area contributed by atoms with Gasteiger partial charge in [0.2, 0.25) is 5.91 Å². The lowest BCUT2D eigenvalue weighted by Crippen LogP contribution is -2.33. The molecule has 2 N–H and O–H groups in total. The van der Waals surface area contributed by atoms with E-state index in [1.165, 1.54) is 16.7 Å². The van der Waals surface area contributed by atoms with Crippen LogP contribution in [0.1, 0.15) is 56.2 Å². The Labute approximate surface area is 234 Å². The number of benzene rings is 3. The first kappa shape index (κ1) is 26.0. The number of carboxylic acid groups (broad SMARTS) is 1. The van der Waals surface area contributed by atoms with Crippen molar-refractivity contribution in [1.82, 2.24) is 15.2 Å². The molecule has 0 spiro atoms. The second kappa shape index (κ2) is 11.1. The highest BCUT2D eigenvalue weighted by Gasteiger charge is 2.43. The third kappa shape index (κ3) is 5.27. The number of fused-ring (bicyclic) bond motifs is 1. The van der Waals surface area contributed by atoms with Crippen LogP contribution in [0, 0.1) is 12.8 Å². The van der Waals surface area contributed by atoms with Crippen LogP contribution in [0.5, 0.6) is 0 Å². The average Bonchev–Trinajstić information content (AvgIpc) is 3.78. The van der Waals surface area contributed by atoms with Crippen molar-refractivity contribution < 1.29 is 14.7 Å². The van der Waals surface area contributed by atoms with E-state index in [1.807, 2.05) is 61.7 Å². The fraction of sp³-hybridized carbons (Fsp3) is 0.265. The number of aromatic nitrogens is 1. The lowest BCUT2D eigenvalue weighted by atomic mass is 9.85. The summed E-state index contributed by atoms with van der Waals surface area (Å²) in [5, 5.41) is 12.9. The maximum atomic E-state index is 13.1. The highest BCUT2D eigenvalue weighted by molar-refractivity contribution is 5.92. The van der Waals surface area contributed by atoms with Crippen molar-refractivity contribution in [3.63, 3.8) is 0 Å². The summed E-state index contributed by atoms with van der Waals surface area (Å²) in [6.07, 6.45) is 3.56. The number of rotatable bonds is 8. The molecule has 6 nitrogen and oxygen atoms in total. The lowest BCUT2D eigenvalue weighted by molar-refractivity contribution is -0.122. The summed E-state index contributed by atoms with van der Waals surface area (Å²) in [7, 11) is 0. The Morgan fingerprint density at radius 1 is 0.950 bits per heavy atom. The van der Waals surface area contributed by atoms with Crippen LogP contribution in [0.4, 0.5) is 0 Å². The molecule has 1 aliphatic heterocycles. The summed E-state index contributed by atoms with van der Waals surface area (Å²) in [6, 6.07) is 26.0. The van der Waals surface area contributed by atoms with E-state index in [-0.39, 0.29) is 11.8 Å². The van der Waals surface area contributed by atoms with Crippen LogP contribution in [0.2, 0.25) is 0 Å². The zero-order chi connectivity index (χ0) is 27.6. The van der Waals surface area contributed by atoms with E-state index in [0.717, 1.165) is 60.4 Å². The summed E-state index contributed by atoms with van der Waals surface area (Å²) in [5.41, 5.74) is 8.96. The van der Waals surface area contributed by atoms with Crippen LogP contribution >= 0.6 is 0 Å². The number of nitrogens with zero attached hydrogens (tertiary/aromatic N) is 2. The predicted molar refractivity (Wildman–Crippen MR) is 155 cm³/mol. The highest BCUT2D eigenvalue weighted by Crippen LogP contribution is 2.47. The number of carbonyl (C=O) groups excluding carboxylic acids is 1. The van der Waals surface area contributed by atoms with E-state index in [2.05, 4.69) is 39.5 Å². The molecule has 2 heterocycles. The Morgan fingerprint density at radius 3 is 2.55 bits per heavy atom. The van der Waals surface area contributed by atoms with Gasteiger partial charge in [0.15, 0.2) is 0 Å². The number of carboxylic acids is 1. The SMILES string of the molecule is Cc1c(C(=O)O)cccc1-c1ccc(CNC(=O)C2CC2c2ccccc2)c2c1CCN(Cc1ccccn1)C2. The maximum Gasteiger partial charge on any atom is 0.335 e. The molecule has 1 aromatic heterocycles. The third-order valence-electron chi connectivity index (χ3n) is 8.36. The minimum Gasteiger partial charge on any atom is -0.478 e. The van der Waals surface area contributed by atoms with Crippen molar-refractivity contribution in [2.75, 3.05) is 6.54 Å². The van der Waals surface area contributed by atoms with Crippen LogP contribution in [0.3, 0.4) is 0 Å². The summed E-state index contributed by atoms with van der Waals surface area (Å²) in [5.74, 6) is -0.476. The van der Waals surface area contributed by atoms with Gasteiger partial charge in [-0.05, 0) is 82.8 Å². The van der Waals surface area contributed by atoms with E-state index in [1.54, 1.807) is 6.07 Å². The van der Waals surface area contributed by atoms with Gasteiger partial charge >= 0.3 is 5.97 Å². The molecular formula is C34H33N3O3. The summed E-state index contributed by atoms with van der Waals surface area (Å²) < 4.78 is 0. The second-order valence-corrected chi connectivity index (χ2v) is 10.9. The molecule has 0 radical (unpaired) electrons. The molecule has 0 saturated heterocycles. The van der Waals surface area contributed by atoms with Gasteiger partial charge in [0, 0.05) is 38.3 Å². The van der Waals surface area contributed by atoms with Crippen LogP contribution in [0.15, 0.2) is 85.1 Å². The molecule has 1 amide bonds. The molecule has 1 saturated carbocycles. The normalized spacial score (nSPS) is 18.1. The Hall–Kier alpha value is -4.29. The molecule has 202 valence electrons. The first-order valence-corrected chi connectivity index (χ1v) is 13.9. The molecule has 2 atom stereocenters. The Kier molecular flexibility index (Phi) is 7.18. The monoisotopic (exact) mass is 531 g/mol. The topological polar surface area (TPSA) is 82.5 Å². The summed E-state index contributed by atoms with van der Waals surface area (Å²) in [6.45, 7) is 4.74. The van der Waals surface area contributed by atoms with Gasteiger partial charge < -0.3 is 10.4 Å². The van der Waals surface area contributed by atoms with Crippen molar-refractivity contribution in [3.8, 4) is 11.1 Å². The second-order valence-electron chi connectivity index (χ2n) is 10.9. The van der Waals surface area contributed by atoms with Gasteiger partial charge in [-0.2, -0.15) is 0 Å². The zero-order valence-electron chi connectivity index (χ0n) is 22.6. The summed E-state index contributed by atoms with van der Waals surface area (Å²) >= 11 is 0. The fourth-order valence-corrected chi connectivity index (χ4v) is 6.10. The number of hydrogen-bond acceptors (Lipinski definition) is 4. The van der Waals surface area contributed by atoms with Crippen molar-refractivity contribution in [2.45, 2.75) is 45.3 Å². The van der Waals surface area contributed by atoms with Gasteiger partial charge in [-0.25, -0.2) is 4.79 Å². The Bertz CT molecular complexity index is 1550. The molecule has 6 heteroatoms. The minimum atomic E-state index is -0.914. The number of hydrogen-bond donors (Lipinski definition) is 2. The molecule has 1 aliphatic carbocycles.